The minimum Gasteiger partial charge on any atom is -0.469 e. The fourth-order valence-corrected chi connectivity index (χ4v) is 2.00. The monoisotopic (exact) mass is 185 g/mol. The van der Waals surface area contributed by atoms with E-state index in [4.69, 9.17) is 5.73 Å². The molecule has 1 aliphatic carbocycles. The van der Waals surface area contributed by atoms with Crippen molar-refractivity contribution in [2.45, 2.75) is 44.6 Å². The highest BCUT2D eigenvalue weighted by Crippen LogP contribution is 2.26. The fourth-order valence-electron chi connectivity index (χ4n) is 2.00. The van der Waals surface area contributed by atoms with Crippen LogP contribution in [0.3, 0.4) is 0 Å². The third-order valence-electron chi connectivity index (χ3n) is 2.91. The number of ether oxygens (including phenoxy) is 1. The first-order valence-electron chi connectivity index (χ1n) is 5.06. The molecule has 13 heavy (non-hydrogen) atoms. The smallest absolute Gasteiger partial charge is 0.305 e. The van der Waals surface area contributed by atoms with Crippen LogP contribution in [0.25, 0.3) is 0 Å². The second-order valence-electron chi connectivity index (χ2n) is 3.82. The number of carbonyl (C=O) groups excluding carboxylic acids is 1. The van der Waals surface area contributed by atoms with Gasteiger partial charge in [0, 0.05) is 12.5 Å². The summed E-state index contributed by atoms with van der Waals surface area (Å²) in [5.41, 5.74) is 5.95. The molecule has 0 aromatic heterocycles. The summed E-state index contributed by atoms with van der Waals surface area (Å²) in [5.74, 6) is 0.422. The Morgan fingerprint density at radius 3 is 2.77 bits per heavy atom. The predicted octanol–water partition coefficient (Wildman–Crippen LogP) is 1.46. The summed E-state index contributed by atoms with van der Waals surface area (Å²) < 4.78 is 4.60. The molecule has 2 atom stereocenters. The molecule has 2 N–H and O–H groups in total. The van der Waals surface area contributed by atoms with Gasteiger partial charge in [-0.05, 0) is 25.2 Å². The van der Waals surface area contributed by atoms with Crippen LogP contribution in [-0.2, 0) is 9.53 Å². The molecule has 1 rings (SSSR count). The first-order valence-corrected chi connectivity index (χ1v) is 5.06. The van der Waals surface area contributed by atoms with Gasteiger partial charge < -0.3 is 10.5 Å². The highest BCUT2D eigenvalue weighted by molar-refractivity contribution is 5.69. The van der Waals surface area contributed by atoms with Crippen LogP contribution < -0.4 is 5.73 Å². The summed E-state index contributed by atoms with van der Waals surface area (Å²) in [6, 6.07) is 0.304. The van der Waals surface area contributed by atoms with E-state index in [1.807, 2.05) is 0 Å². The maximum absolute atomic E-state index is 10.9. The molecular formula is C10H19NO2. The van der Waals surface area contributed by atoms with E-state index < -0.39 is 0 Å². The van der Waals surface area contributed by atoms with E-state index in [9.17, 15) is 4.79 Å². The van der Waals surface area contributed by atoms with Crippen LogP contribution in [0.15, 0.2) is 0 Å². The second-order valence-corrected chi connectivity index (χ2v) is 3.82. The van der Waals surface area contributed by atoms with Gasteiger partial charge in [-0.3, -0.25) is 4.79 Å². The summed E-state index contributed by atoms with van der Waals surface area (Å²) in [6.07, 6.45) is 6.22. The van der Waals surface area contributed by atoms with E-state index in [-0.39, 0.29) is 5.97 Å². The highest BCUT2D eigenvalue weighted by Gasteiger charge is 2.22. The summed E-state index contributed by atoms with van der Waals surface area (Å²) in [7, 11) is 1.43. The first kappa shape index (κ1) is 10.5. The minimum atomic E-state index is -0.113. The van der Waals surface area contributed by atoms with Gasteiger partial charge in [-0.1, -0.05) is 12.8 Å². The molecule has 3 nitrogen and oxygen atoms in total. The molecule has 1 saturated carbocycles. The van der Waals surface area contributed by atoms with Crippen molar-refractivity contribution in [3.05, 3.63) is 0 Å². The van der Waals surface area contributed by atoms with Crippen LogP contribution in [0.1, 0.15) is 38.5 Å². The lowest BCUT2D eigenvalue weighted by molar-refractivity contribution is -0.141. The molecule has 0 radical (unpaired) electrons. The van der Waals surface area contributed by atoms with Crippen LogP contribution in [0.2, 0.25) is 0 Å². The van der Waals surface area contributed by atoms with Gasteiger partial charge in [0.25, 0.3) is 0 Å². The molecule has 1 aliphatic rings. The van der Waals surface area contributed by atoms with Gasteiger partial charge in [0.15, 0.2) is 0 Å². The van der Waals surface area contributed by atoms with Crippen LogP contribution >= 0.6 is 0 Å². The van der Waals surface area contributed by atoms with Gasteiger partial charge in [-0.2, -0.15) is 0 Å². The zero-order valence-corrected chi connectivity index (χ0v) is 8.29. The van der Waals surface area contributed by atoms with Crippen molar-refractivity contribution in [3.8, 4) is 0 Å². The summed E-state index contributed by atoms with van der Waals surface area (Å²) in [5, 5.41) is 0. The van der Waals surface area contributed by atoms with Gasteiger partial charge in [-0.25, -0.2) is 0 Å². The van der Waals surface area contributed by atoms with E-state index in [1.165, 1.54) is 26.4 Å². The van der Waals surface area contributed by atoms with Crippen molar-refractivity contribution in [1.82, 2.24) is 0 Å². The van der Waals surface area contributed by atoms with E-state index in [0.717, 1.165) is 12.8 Å². The molecule has 0 aliphatic heterocycles. The van der Waals surface area contributed by atoms with E-state index >= 15 is 0 Å². The van der Waals surface area contributed by atoms with Crippen LogP contribution in [0.4, 0.5) is 0 Å². The Balaban J connectivity index is 2.22. The van der Waals surface area contributed by atoms with E-state index in [0.29, 0.717) is 18.4 Å². The summed E-state index contributed by atoms with van der Waals surface area (Å²) >= 11 is 0. The highest BCUT2D eigenvalue weighted by atomic mass is 16.5. The van der Waals surface area contributed by atoms with Crippen molar-refractivity contribution in [3.63, 3.8) is 0 Å². The molecule has 76 valence electrons. The Hall–Kier alpha value is -0.570. The van der Waals surface area contributed by atoms with Crippen LogP contribution in [0.5, 0.6) is 0 Å². The number of methoxy groups -OCH3 is 1. The standard InChI is InChI=1S/C10H19NO2/c1-13-10(12)7-6-8-4-2-3-5-9(8)11/h8-9H,2-7,11H2,1H3/t8-,9+/m1/s1. The molecule has 0 amide bonds. The quantitative estimate of drug-likeness (QED) is 0.677. The lowest BCUT2D eigenvalue weighted by atomic mass is 9.82. The predicted molar refractivity (Wildman–Crippen MR) is 51.2 cm³/mol. The molecule has 0 aromatic rings. The number of hydrogen-bond acceptors (Lipinski definition) is 3. The topological polar surface area (TPSA) is 52.3 Å². The molecule has 1 fully saturated rings. The van der Waals surface area contributed by atoms with Crippen LogP contribution in [-0.4, -0.2) is 19.1 Å². The maximum atomic E-state index is 10.9. The summed E-state index contributed by atoms with van der Waals surface area (Å²) in [4.78, 5) is 10.9. The van der Waals surface area contributed by atoms with Crippen molar-refractivity contribution < 1.29 is 9.53 Å². The van der Waals surface area contributed by atoms with Crippen molar-refractivity contribution in [2.24, 2.45) is 11.7 Å². The molecule has 0 saturated heterocycles. The normalized spacial score (nSPS) is 28.5. The molecule has 0 heterocycles. The molecular weight excluding hydrogens is 166 g/mol. The minimum absolute atomic E-state index is 0.113. The third-order valence-corrected chi connectivity index (χ3v) is 2.91. The zero-order valence-electron chi connectivity index (χ0n) is 8.29. The van der Waals surface area contributed by atoms with Gasteiger partial charge in [0.1, 0.15) is 0 Å². The molecule has 0 spiro atoms. The average Bonchev–Trinajstić information content (AvgIpc) is 2.16. The Morgan fingerprint density at radius 2 is 2.15 bits per heavy atom. The SMILES string of the molecule is COC(=O)CC[C@H]1CCCC[C@@H]1N. The zero-order chi connectivity index (χ0) is 9.68. The van der Waals surface area contributed by atoms with Crippen molar-refractivity contribution >= 4 is 5.97 Å². The number of esters is 1. The summed E-state index contributed by atoms with van der Waals surface area (Å²) in [6.45, 7) is 0. The molecule has 3 heteroatoms. The Kier molecular flexibility index (Phi) is 4.22. The van der Waals surface area contributed by atoms with Gasteiger partial charge in [0.05, 0.1) is 7.11 Å². The first-order chi connectivity index (χ1) is 6.24. The fraction of sp³-hybridized carbons (Fsp3) is 0.900. The molecule has 0 aromatic carbocycles. The lowest BCUT2D eigenvalue weighted by Crippen LogP contribution is -2.33. The number of rotatable bonds is 3. The van der Waals surface area contributed by atoms with Gasteiger partial charge in [0.2, 0.25) is 0 Å². The lowest BCUT2D eigenvalue weighted by Gasteiger charge is -2.28. The number of carbonyl (C=O) groups is 1. The molecule has 0 bridgehead atoms. The second kappa shape index (κ2) is 5.22. The number of nitrogens with two attached hydrogens (primary N) is 1. The van der Waals surface area contributed by atoms with Gasteiger partial charge in [-0.15, -0.1) is 0 Å². The average molecular weight is 185 g/mol. The Morgan fingerprint density at radius 1 is 1.46 bits per heavy atom. The largest absolute Gasteiger partial charge is 0.469 e. The Labute approximate surface area is 79.6 Å². The van der Waals surface area contributed by atoms with Gasteiger partial charge >= 0.3 is 5.97 Å². The van der Waals surface area contributed by atoms with Crippen molar-refractivity contribution in [2.75, 3.05) is 7.11 Å². The Bertz CT molecular complexity index is 170. The molecule has 0 unspecified atom stereocenters. The van der Waals surface area contributed by atoms with Crippen molar-refractivity contribution in [1.29, 1.82) is 0 Å². The number of hydrogen-bond donors (Lipinski definition) is 1. The van der Waals surface area contributed by atoms with Crippen LogP contribution in [0, 0.1) is 5.92 Å². The third kappa shape index (κ3) is 3.35. The maximum Gasteiger partial charge on any atom is 0.305 e. The van der Waals surface area contributed by atoms with E-state index in [2.05, 4.69) is 4.74 Å². The van der Waals surface area contributed by atoms with E-state index in [1.54, 1.807) is 0 Å².